The first-order chi connectivity index (χ1) is 33.9. The molecule has 2 heteroatoms. The van der Waals surface area contributed by atoms with Crippen LogP contribution in [0.25, 0.3) is 113 Å². The maximum Gasteiger partial charge on any atom is 0.0541 e. The molecule has 2 heterocycles. The molecule has 12 aromatic rings. The van der Waals surface area contributed by atoms with Crippen LogP contribution in [0.3, 0.4) is 0 Å². The van der Waals surface area contributed by atoms with Crippen LogP contribution in [0.15, 0.2) is 231 Å². The van der Waals surface area contributed by atoms with Gasteiger partial charge in [0.25, 0.3) is 0 Å². The minimum Gasteiger partial charge on any atom is -0.309 e. The third-order valence-corrected chi connectivity index (χ3v) is 14.5. The molecule has 1 aliphatic rings. The minimum absolute atomic E-state index is 0.120. The van der Waals surface area contributed by atoms with Gasteiger partial charge >= 0.3 is 0 Å². The van der Waals surface area contributed by atoms with Crippen molar-refractivity contribution in [3.63, 3.8) is 0 Å². The Labute approximate surface area is 403 Å². The van der Waals surface area contributed by atoms with Gasteiger partial charge < -0.3 is 9.13 Å². The van der Waals surface area contributed by atoms with Crippen molar-refractivity contribution in [2.45, 2.75) is 19.3 Å². The quantitative estimate of drug-likeness (QED) is 0.135. The molecule has 0 saturated heterocycles. The Hall–Kier alpha value is -8.72. The summed E-state index contributed by atoms with van der Waals surface area (Å²) in [6, 6.07) is 84.3. The van der Waals surface area contributed by atoms with Gasteiger partial charge in [-0.15, -0.1) is 0 Å². The Balaban J connectivity index is 0.712. The lowest BCUT2D eigenvalue weighted by Gasteiger charge is -2.22. The van der Waals surface area contributed by atoms with Crippen LogP contribution in [-0.2, 0) is 5.41 Å². The van der Waals surface area contributed by atoms with Crippen LogP contribution in [-0.4, -0.2) is 9.13 Å². The average molecular weight is 881 g/mol. The predicted molar refractivity (Wildman–Crippen MR) is 294 cm³/mol. The third kappa shape index (κ3) is 6.95. The van der Waals surface area contributed by atoms with Crippen molar-refractivity contribution in [3.8, 4) is 44.8 Å². The topological polar surface area (TPSA) is 9.86 Å². The molecule has 2 aromatic heterocycles. The molecule has 0 N–H and O–H groups in total. The molecule has 0 amide bonds. The molecule has 0 fully saturated rings. The maximum atomic E-state index is 2.39. The van der Waals surface area contributed by atoms with Crippen LogP contribution >= 0.6 is 0 Å². The number of hydrogen-bond donors (Lipinski definition) is 0. The SMILES string of the molecule is CC1(C)c2cc(C=Cc3ccc(-c4ccc5c(c4)c4ccccc4n5-c4ccccc4)cc3)ccc2-c2ccc(C=Cc3ccc(-c4ccc5c(c4)c4ccccc4n5-c4ccccc4)cc3)cc21. The second-order valence-corrected chi connectivity index (χ2v) is 19.0. The molecule has 69 heavy (non-hydrogen) atoms. The van der Waals surface area contributed by atoms with Crippen molar-refractivity contribution in [1.29, 1.82) is 0 Å². The first-order valence-corrected chi connectivity index (χ1v) is 24.0. The summed E-state index contributed by atoms with van der Waals surface area (Å²) in [5.74, 6) is 0. The first-order valence-electron chi connectivity index (χ1n) is 24.0. The van der Waals surface area contributed by atoms with Crippen molar-refractivity contribution in [1.82, 2.24) is 9.13 Å². The summed E-state index contributed by atoms with van der Waals surface area (Å²) in [6.07, 6.45) is 8.97. The fourth-order valence-electron chi connectivity index (χ4n) is 11.0. The van der Waals surface area contributed by atoms with Gasteiger partial charge in [-0.3, -0.25) is 0 Å². The standard InChI is InChI=1S/C67H48N2/c1-67(2)61-41-47(23-21-45-25-31-49(32-26-45)51-35-39-65-59(43-51)57-17-9-11-19-63(57)68(65)53-13-5-3-6-14-53)29-37-55(61)56-38-30-48(42-62(56)67)24-22-46-27-33-50(34-28-46)52-36-40-66-60(44-52)58-18-10-12-20-64(58)69(66)54-15-7-4-8-16-54/h3-44H,1-2H3. The van der Waals surface area contributed by atoms with Crippen LogP contribution in [0.2, 0.25) is 0 Å². The van der Waals surface area contributed by atoms with Crippen LogP contribution in [0, 0.1) is 0 Å². The number of rotatable bonds is 8. The van der Waals surface area contributed by atoms with E-state index in [0.717, 1.165) is 0 Å². The summed E-state index contributed by atoms with van der Waals surface area (Å²) in [5, 5.41) is 5.07. The van der Waals surface area contributed by atoms with E-state index in [1.54, 1.807) is 0 Å². The largest absolute Gasteiger partial charge is 0.309 e. The minimum atomic E-state index is -0.120. The van der Waals surface area contributed by atoms with E-state index in [1.807, 2.05) is 0 Å². The lowest BCUT2D eigenvalue weighted by molar-refractivity contribution is 0.660. The van der Waals surface area contributed by atoms with E-state index < -0.39 is 0 Å². The van der Waals surface area contributed by atoms with Gasteiger partial charge in [-0.25, -0.2) is 0 Å². The second-order valence-electron chi connectivity index (χ2n) is 19.0. The molecule has 0 radical (unpaired) electrons. The fraction of sp³-hybridized carbons (Fsp3) is 0.0448. The molecule has 1 aliphatic carbocycles. The van der Waals surface area contributed by atoms with Crippen LogP contribution in [0.1, 0.15) is 47.2 Å². The molecular formula is C67H48N2. The highest BCUT2D eigenvalue weighted by atomic mass is 15.0. The molecule has 13 rings (SSSR count). The highest BCUT2D eigenvalue weighted by molar-refractivity contribution is 6.11. The zero-order valence-electron chi connectivity index (χ0n) is 38.6. The molecule has 10 aromatic carbocycles. The van der Waals surface area contributed by atoms with Crippen LogP contribution in [0.5, 0.6) is 0 Å². The Morgan fingerprint density at radius 3 is 1.07 bits per heavy atom. The Kier molecular flexibility index (Phi) is 9.55. The maximum absolute atomic E-state index is 2.39. The summed E-state index contributed by atoms with van der Waals surface area (Å²) in [7, 11) is 0. The third-order valence-electron chi connectivity index (χ3n) is 14.5. The second kappa shape index (κ2) is 16.3. The van der Waals surface area contributed by atoms with Crippen LogP contribution in [0.4, 0.5) is 0 Å². The van der Waals surface area contributed by atoms with Gasteiger partial charge in [0.05, 0.1) is 22.1 Å². The zero-order chi connectivity index (χ0) is 46.1. The Bertz CT molecular complexity index is 3730. The molecule has 2 nitrogen and oxygen atoms in total. The van der Waals surface area contributed by atoms with Gasteiger partial charge in [0, 0.05) is 38.3 Å². The van der Waals surface area contributed by atoms with E-state index in [4.69, 9.17) is 0 Å². The number of fused-ring (bicyclic) bond motifs is 9. The lowest BCUT2D eigenvalue weighted by atomic mass is 9.81. The van der Waals surface area contributed by atoms with Crippen molar-refractivity contribution in [3.05, 3.63) is 264 Å². The van der Waals surface area contributed by atoms with Crippen molar-refractivity contribution in [2.75, 3.05) is 0 Å². The molecule has 0 bridgehead atoms. The molecule has 0 spiro atoms. The van der Waals surface area contributed by atoms with E-state index in [9.17, 15) is 0 Å². The molecule has 326 valence electrons. The van der Waals surface area contributed by atoms with Gasteiger partial charge in [0.1, 0.15) is 0 Å². The van der Waals surface area contributed by atoms with Crippen molar-refractivity contribution < 1.29 is 0 Å². The monoisotopic (exact) mass is 880 g/mol. The Morgan fingerprint density at radius 1 is 0.290 bits per heavy atom. The first kappa shape index (κ1) is 40.5. The average Bonchev–Trinajstić information content (AvgIpc) is 4.00. The number of benzene rings is 10. The summed E-state index contributed by atoms with van der Waals surface area (Å²) in [5.41, 5.74) is 22.2. The number of para-hydroxylation sites is 4. The summed E-state index contributed by atoms with van der Waals surface area (Å²) < 4.78 is 4.73. The highest BCUT2D eigenvalue weighted by Gasteiger charge is 2.35. The van der Waals surface area contributed by atoms with E-state index in [0.29, 0.717) is 0 Å². The van der Waals surface area contributed by atoms with E-state index in [2.05, 4.69) is 278 Å². The van der Waals surface area contributed by atoms with Crippen LogP contribution < -0.4 is 0 Å². The van der Waals surface area contributed by atoms with Gasteiger partial charge in [0.15, 0.2) is 0 Å². The van der Waals surface area contributed by atoms with Gasteiger partial charge in [-0.1, -0.05) is 208 Å². The molecular weight excluding hydrogens is 833 g/mol. The summed E-state index contributed by atoms with van der Waals surface area (Å²) in [4.78, 5) is 0. The molecule has 0 aliphatic heterocycles. The number of nitrogens with zero attached hydrogens (tertiary/aromatic N) is 2. The van der Waals surface area contributed by atoms with Gasteiger partial charge in [-0.05, 0) is 127 Å². The smallest absolute Gasteiger partial charge is 0.0541 e. The zero-order valence-corrected chi connectivity index (χ0v) is 38.6. The Morgan fingerprint density at radius 2 is 0.638 bits per heavy atom. The summed E-state index contributed by atoms with van der Waals surface area (Å²) in [6.45, 7) is 4.73. The van der Waals surface area contributed by atoms with Gasteiger partial charge in [-0.2, -0.15) is 0 Å². The molecule has 0 atom stereocenters. The number of aromatic nitrogens is 2. The predicted octanol–water partition coefficient (Wildman–Crippen LogP) is 17.9. The lowest BCUT2D eigenvalue weighted by Crippen LogP contribution is -2.15. The van der Waals surface area contributed by atoms with Crippen molar-refractivity contribution in [2.24, 2.45) is 0 Å². The summed E-state index contributed by atoms with van der Waals surface area (Å²) >= 11 is 0. The van der Waals surface area contributed by atoms with E-state index >= 15 is 0 Å². The highest BCUT2D eigenvalue weighted by Crippen LogP contribution is 2.49. The molecule has 0 unspecified atom stereocenters. The number of hydrogen-bond acceptors (Lipinski definition) is 0. The fourth-order valence-corrected chi connectivity index (χ4v) is 11.0. The molecule has 0 saturated carbocycles. The van der Waals surface area contributed by atoms with E-state index in [-0.39, 0.29) is 5.41 Å². The van der Waals surface area contributed by atoms with Crippen molar-refractivity contribution >= 4 is 67.9 Å². The van der Waals surface area contributed by atoms with Gasteiger partial charge in [0.2, 0.25) is 0 Å². The van der Waals surface area contributed by atoms with E-state index in [1.165, 1.54) is 122 Å². The normalized spacial score (nSPS) is 13.1.